The van der Waals surface area contributed by atoms with Crippen molar-refractivity contribution in [3.05, 3.63) is 71.0 Å². The van der Waals surface area contributed by atoms with Crippen LogP contribution < -0.4 is 0 Å². The van der Waals surface area contributed by atoms with Crippen molar-refractivity contribution in [2.75, 3.05) is 0 Å². The highest BCUT2D eigenvalue weighted by molar-refractivity contribution is 6.41. The molecule has 138 valence electrons. The maximum absolute atomic E-state index is 10.9. The van der Waals surface area contributed by atoms with Crippen molar-refractivity contribution in [2.24, 2.45) is 0 Å². The number of benzene rings is 3. The maximum atomic E-state index is 10.9. The Bertz CT molecular complexity index is 1230. The van der Waals surface area contributed by atoms with E-state index in [-0.39, 0.29) is 21.5 Å². The minimum atomic E-state index is -0.172. The monoisotopic (exact) mass is 408 g/mol. The zero-order chi connectivity index (χ0) is 19.4. The second-order valence-corrected chi connectivity index (χ2v) is 7.33. The average Bonchev–Trinajstić information content (AvgIpc) is 3.32. The minimum Gasteiger partial charge on any atom is -0.506 e. The number of halogens is 2. The van der Waals surface area contributed by atoms with Gasteiger partial charge in [0, 0.05) is 56.5 Å². The van der Waals surface area contributed by atoms with Crippen LogP contribution in [0, 0.1) is 0 Å². The number of aromatic hydroxyl groups is 2. The number of nitrogens with one attached hydrogen (secondary N) is 2. The molecule has 3 aromatic carbocycles. The van der Waals surface area contributed by atoms with E-state index in [0.717, 1.165) is 21.8 Å². The summed E-state index contributed by atoms with van der Waals surface area (Å²) in [7, 11) is 0. The van der Waals surface area contributed by atoms with Crippen LogP contribution in [0.1, 0.15) is 0 Å². The number of phenols is 2. The highest BCUT2D eigenvalue weighted by atomic mass is 35.5. The second kappa shape index (κ2) is 6.23. The molecule has 0 saturated carbocycles. The van der Waals surface area contributed by atoms with Gasteiger partial charge in [0.05, 0.1) is 10.0 Å². The molecule has 4 N–H and O–H groups in total. The van der Waals surface area contributed by atoms with Gasteiger partial charge >= 0.3 is 0 Å². The van der Waals surface area contributed by atoms with Crippen LogP contribution in [0.15, 0.2) is 60.9 Å². The van der Waals surface area contributed by atoms with Crippen molar-refractivity contribution in [3.8, 4) is 33.8 Å². The van der Waals surface area contributed by atoms with Crippen LogP contribution in [0.5, 0.6) is 11.5 Å². The molecule has 2 heterocycles. The first kappa shape index (κ1) is 17.0. The highest BCUT2D eigenvalue weighted by Gasteiger charge is 2.26. The van der Waals surface area contributed by atoms with Crippen molar-refractivity contribution < 1.29 is 10.2 Å². The lowest BCUT2D eigenvalue weighted by Gasteiger charge is -2.15. The predicted octanol–water partition coefficient (Wildman–Crippen LogP) is 6.70. The van der Waals surface area contributed by atoms with Crippen molar-refractivity contribution >= 4 is 45.0 Å². The van der Waals surface area contributed by atoms with Gasteiger partial charge in [-0.15, -0.1) is 0 Å². The Morgan fingerprint density at radius 2 is 1.00 bits per heavy atom. The van der Waals surface area contributed by atoms with Crippen molar-refractivity contribution in [1.29, 1.82) is 0 Å². The van der Waals surface area contributed by atoms with Crippen molar-refractivity contribution in [2.45, 2.75) is 0 Å². The van der Waals surface area contributed by atoms with Crippen LogP contribution in [0.2, 0.25) is 10.0 Å². The van der Waals surface area contributed by atoms with Crippen LogP contribution in [-0.2, 0) is 0 Å². The standard InChI is InChI=1S/C22H14Cl2N2O2/c23-19-17(13-9-25-15-7-3-1-5-11(13)15)21(27)20(24)18(22(19)28)14-10-26-16-8-4-2-6-12(14)16/h1-10,25-28H. The molecule has 0 fully saturated rings. The fourth-order valence-electron chi connectivity index (χ4n) is 3.71. The zero-order valence-electron chi connectivity index (χ0n) is 14.4. The summed E-state index contributed by atoms with van der Waals surface area (Å²) in [5.41, 5.74) is 3.71. The Balaban J connectivity index is 1.82. The molecule has 0 spiro atoms. The predicted molar refractivity (Wildman–Crippen MR) is 114 cm³/mol. The van der Waals surface area contributed by atoms with Gasteiger partial charge in [0.25, 0.3) is 0 Å². The average molecular weight is 409 g/mol. The molecule has 0 aliphatic carbocycles. The third-order valence-corrected chi connectivity index (χ3v) is 5.78. The molecule has 0 atom stereocenters. The van der Waals surface area contributed by atoms with E-state index in [1.807, 2.05) is 48.5 Å². The quantitative estimate of drug-likeness (QED) is 0.245. The number of para-hydroxylation sites is 2. The summed E-state index contributed by atoms with van der Waals surface area (Å²) in [6, 6.07) is 15.3. The maximum Gasteiger partial charge on any atom is 0.144 e. The van der Waals surface area contributed by atoms with E-state index in [1.165, 1.54) is 0 Å². The van der Waals surface area contributed by atoms with Crippen LogP contribution in [0.3, 0.4) is 0 Å². The molecule has 0 amide bonds. The van der Waals surface area contributed by atoms with Crippen molar-refractivity contribution in [1.82, 2.24) is 9.97 Å². The normalized spacial score (nSPS) is 11.5. The Hall–Kier alpha value is -3.08. The van der Waals surface area contributed by atoms with Gasteiger partial charge in [0.1, 0.15) is 11.5 Å². The smallest absolute Gasteiger partial charge is 0.144 e. The molecule has 2 aromatic heterocycles. The van der Waals surface area contributed by atoms with E-state index >= 15 is 0 Å². The molecule has 6 heteroatoms. The number of fused-ring (bicyclic) bond motifs is 2. The largest absolute Gasteiger partial charge is 0.506 e. The van der Waals surface area contributed by atoms with Gasteiger partial charge in [0.2, 0.25) is 0 Å². The summed E-state index contributed by atoms with van der Waals surface area (Å²) in [4.78, 5) is 6.29. The molecule has 28 heavy (non-hydrogen) atoms. The van der Waals surface area contributed by atoms with E-state index in [1.54, 1.807) is 12.4 Å². The molecule has 0 saturated heterocycles. The Morgan fingerprint density at radius 3 is 1.43 bits per heavy atom. The lowest BCUT2D eigenvalue weighted by atomic mass is 9.97. The Labute approximate surface area is 170 Å². The highest BCUT2D eigenvalue weighted by Crippen LogP contribution is 2.54. The van der Waals surface area contributed by atoms with E-state index in [4.69, 9.17) is 23.2 Å². The first-order valence-corrected chi connectivity index (χ1v) is 9.39. The second-order valence-electron chi connectivity index (χ2n) is 6.57. The van der Waals surface area contributed by atoms with Crippen LogP contribution in [-0.4, -0.2) is 20.2 Å². The molecule has 4 nitrogen and oxygen atoms in total. The Morgan fingerprint density at radius 1 is 0.607 bits per heavy atom. The SMILES string of the molecule is Oc1c(Cl)c(-c2c[nH]c3ccccc23)c(O)c(Cl)c1-c1c[nH]c2ccccc12. The van der Waals surface area contributed by atoms with Gasteiger partial charge in [-0.3, -0.25) is 0 Å². The van der Waals surface area contributed by atoms with E-state index in [9.17, 15) is 10.2 Å². The molecule has 0 aliphatic heterocycles. The van der Waals surface area contributed by atoms with Gasteiger partial charge in [-0.1, -0.05) is 59.6 Å². The number of aromatic nitrogens is 2. The van der Waals surface area contributed by atoms with E-state index in [2.05, 4.69) is 9.97 Å². The van der Waals surface area contributed by atoms with Gasteiger partial charge in [-0.25, -0.2) is 0 Å². The van der Waals surface area contributed by atoms with Gasteiger partial charge < -0.3 is 20.2 Å². The molecule has 0 unspecified atom stereocenters. The van der Waals surface area contributed by atoms with Crippen LogP contribution in [0.4, 0.5) is 0 Å². The molecule has 0 aliphatic rings. The van der Waals surface area contributed by atoms with Crippen LogP contribution in [0.25, 0.3) is 44.1 Å². The first-order chi connectivity index (χ1) is 13.6. The summed E-state index contributed by atoms with van der Waals surface area (Å²) in [6.45, 7) is 0. The Kier molecular flexibility index (Phi) is 3.79. The lowest BCUT2D eigenvalue weighted by Crippen LogP contribution is -1.88. The minimum absolute atomic E-state index is 0.0481. The van der Waals surface area contributed by atoms with Gasteiger partial charge in [0.15, 0.2) is 0 Å². The zero-order valence-corrected chi connectivity index (χ0v) is 15.9. The molecular formula is C22H14Cl2N2O2. The summed E-state index contributed by atoms with van der Waals surface area (Å²) in [5, 5.41) is 23.7. The number of rotatable bonds is 2. The number of phenolic OH excluding ortho intramolecular Hbond substituents is 2. The summed E-state index contributed by atoms with van der Waals surface area (Å²) in [6.07, 6.45) is 3.49. The number of H-pyrrole nitrogens is 2. The van der Waals surface area contributed by atoms with Crippen LogP contribution >= 0.6 is 23.2 Å². The third-order valence-electron chi connectivity index (χ3n) is 5.05. The fourth-order valence-corrected chi connectivity index (χ4v) is 4.28. The van der Waals surface area contributed by atoms with Gasteiger partial charge in [-0.05, 0) is 12.1 Å². The number of hydrogen-bond acceptors (Lipinski definition) is 2. The summed E-state index contributed by atoms with van der Waals surface area (Å²) >= 11 is 13.1. The fraction of sp³-hybridized carbons (Fsp3) is 0. The summed E-state index contributed by atoms with van der Waals surface area (Å²) < 4.78 is 0. The number of hydrogen-bond donors (Lipinski definition) is 4. The molecule has 0 bridgehead atoms. The molecule has 5 aromatic rings. The van der Waals surface area contributed by atoms with E-state index < -0.39 is 0 Å². The van der Waals surface area contributed by atoms with Gasteiger partial charge in [-0.2, -0.15) is 0 Å². The van der Waals surface area contributed by atoms with Crippen molar-refractivity contribution in [3.63, 3.8) is 0 Å². The number of aromatic amines is 2. The molecule has 5 rings (SSSR count). The topological polar surface area (TPSA) is 72.0 Å². The summed E-state index contributed by atoms with van der Waals surface area (Å²) in [5.74, 6) is -0.344. The molecule has 0 radical (unpaired) electrons. The molecular weight excluding hydrogens is 395 g/mol. The third kappa shape index (κ3) is 2.32. The first-order valence-electron chi connectivity index (χ1n) is 8.63. The lowest BCUT2D eigenvalue weighted by molar-refractivity contribution is 0.464. The van der Waals surface area contributed by atoms with E-state index in [0.29, 0.717) is 22.3 Å².